The molecule has 2 heterocycles. The van der Waals surface area contributed by atoms with Crippen LogP contribution >= 0.6 is 11.6 Å². The molecule has 1 saturated heterocycles. The highest BCUT2D eigenvalue weighted by Gasteiger charge is 2.50. The van der Waals surface area contributed by atoms with Crippen molar-refractivity contribution in [3.63, 3.8) is 0 Å². The van der Waals surface area contributed by atoms with Gasteiger partial charge in [-0.1, -0.05) is 30.0 Å². The van der Waals surface area contributed by atoms with Gasteiger partial charge in [0, 0.05) is 29.3 Å². The van der Waals surface area contributed by atoms with E-state index < -0.39 is 12.1 Å². The van der Waals surface area contributed by atoms with Crippen molar-refractivity contribution < 1.29 is 14.4 Å². The topological polar surface area (TPSA) is 82.3 Å². The van der Waals surface area contributed by atoms with Crippen LogP contribution in [-0.4, -0.2) is 46.1 Å². The molecule has 0 bridgehead atoms. The Morgan fingerprint density at radius 2 is 2.12 bits per heavy atom. The first-order chi connectivity index (χ1) is 16.4. The van der Waals surface area contributed by atoms with E-state index in [4.69, 9.17) is 18.0 Å². The van der Waals surface area contributed by atoms with Crippen molar-refractivity contribution in [3.8, 4) is 12.3 Å². The van der Waals surface area contributed by atoms with Crippen LogP contribution < -0.4 is 5.32 Å². The van der Waals surface area contributed by atoms with E-state index in [1.807, 2.05) is 19.1 Å². The highest BCUT2D eigenvalue weighted by molar-refractivity contribution is 6.35. The summed E-state index contributed by atoms with van der Waals surface area (Å²) in [5.74, 6) is 2.86. The number of fused-ring (bicyclic) bond motifs is 2. The van der Waals surface area contributed by atoms with Gasteiger partial charge in [0.2, 0.25) is 5.91 Å². The third-order valence-corrected chi connectivity index (χ3v) is 8.40. The lowest BCUT2D eigenvalue weighted by Crippen LogP contribution is -2.51. The third-order valence-electron chi connectivity index (χ3n) is 8.07. The highest BCUT2D eigenvalue weighted by Crippen LogP contribution is 2.43. The summed E-state index contributed by atoms with van der Waals surface area (Å²) in [7, 11) is 0. The molecule has 0 spiro atoms. The van der Waals surface area contributed by atoms with Crippen LogP contribution in [0.1, 0.15) is 61.0 Å². The standard InChI is InChI=1S/C27H30ClN3O3/c1-3-18(12-16-6-5-9-23(16)32)29-26(33)25-19-8-4-7-17(19)14-31(25)27(34)22-13-20-21(28)11-10-15(2)24(20)30-22/h1,10-11,13,16-19,25,30H,4-9,12,14H2,2H3,(H,29,33)/t16-,17-,18+,19-,25-/m0/s1. The minimum Gasteiger partial charge on any atom is -0.350 e. The van der Waals surface area contributed by atoms with Crippen molar-refractivity contribution in [1.29, 1.82) is 0 Å². The number of nitrogens with one attached hydrogen (secondary N) is 2. The number of aryl methyl sites for hydroxylation is 1. The first kappa shape index (κ1) is 23.0. The van der Waals surface area contributed by atoms with Gasteiger partial charge in [-0.05, 0) is 68.6 Å². The molecule has 6 nitrogen and oxygen atoms in total. The summed E-state index contributed by atoms with van der Waals surface area (Å²) in [6, 6.07) is 4.46. The Balaban J connectivity index is 1.38. The Bertz CT molecular complexity index is 1160. The molecule has 7 heteroatoms. The number of ketones is 1. The maximum absolute atomic E-state index is 13.6. The van der Waals surface area contributed by atoms with Gasteiger partial charge in [-0.2, -0.15) is 0 Å². The number of aromatic nitrogens is 1. The molecular weight excluding hydrogens is 450 g/mol. The molecule has 2 amide bonds. The van der Waals surface area contributed by atoms with Gasteiger partial charge in [0.05, 0.1) is 11.6 Å². The molecule has 3 fully saturated rings. The maximum atomic E-state index is 13.6. The summed E-state index contributed by atoms with van der Waals surface area (Å²) < 4.78 is 0. The number of amides is 2. The first-order valence-corrected chi connectivity index (χ1v) is 12.6. The molecule has 2 saturated carbocycles. The van der Waals surface area contributed by atoms with E-state index >= 15 is 0 Å². The number of terminal acetylenes is 1. The van der Waals surface area contributed by atoms with Crippen LogP contribution in [0, 0.1) is 37.0 Å². The van der Waals surface area contributed by atoms with E-state index in [1.54, 1.807) is 11.0 Å². The number of H-pyrrole nitrogens is 1. The number of hydrogen-bond donors (Lipinski definition) is 2. The van der Waals surface area contributed by atoms with Gasteiger partial charge in [0.25, 0.3) is 5.91 Å². The SMILES string of the molecule is C#C[C@H](C[C@@H]1CCCC1=O)NC(=O)[C@@H]1[C@H]2CCC[C@H]2CN1C(=O)c1cc2c(Cl)ccc(C)c2[nH]1. The van der Waals surface area contributed by atoms with Gasteiger partial charge in [-0.25, -0.2) is 0 Å². The molecule has 2 aromatic rings. The highest BCUT2D eigenvalue weighted by atomic mass is 35.5. The van der Waals surface area contributed by atoms with E-state index in [-0.39, 0.29) is 29.4 Å². The first-order valence-electron chi connectivity index (χ1n) is 12.3. The zero-order valence-corrected chi connectivity index (χ0v) is 20.2. The molecule has 5 rings (SSSR count). The molecule has 34 heavy (non-hydrogen) atoms. The van der Waals surface area contributed by atoms with Gasteiger partial charge in [0.1, 0.15) is 17.5 Å². The average molecular weight is 480 g/mol. The van der Waals surface area contributed by atoms with Crippen LogP contribution in [0.4, 0.5) is 0 Å². The third kappa shape index (κ3) is 4.01. The quantitative estimate of drug-likeness (QED) is 0.629. The van der Waals surface area contributed by atoms with Crippen LogP contribution in [0.15, 0.2) is 18.2 Å². The number of aromatic amines is 1. The summed E-state index contributed by atoms with van der Waals surface area (Å²) in [4.78, 5) is 44.2. The fourth-order valence-electron chi connectivity index (χ4n) is 6.29. The molecule has 0 unspecified atom stereocenters. The Morgan fingerprint density at radius 3 is 2.82 bits per heavy atom. The van der Waals surface area contributed by atoms with Crippen molar-refractivity contribution in [2.24, 2.45) is 17.8 Å². The number of hydrogen-bond acceptors (Lipinski definition) is 3. The molecule has 1 aromatic carbocycles. The molecule has 5 atom stereocenters. The number of halogens is 1. The van der Waals surface area contributed by atoms with Crippen LogP contribution in [-0.2, 0) is 9.59 Å². The van der Waals surface area contributed by atoms with Crippen LogP contribution in [0.25, 0.3) is 10.9 Å². The molecule has 2 N–H and O–H groups in total. The normalized spacial score (nSPS) is 27.1. The molecular formula is C27H30ClN3O3. The number of likely N-dealkylation sites (tertiary alicyclic amines) is 1. The minimum atomic E-state index is -0.557. The van der Waals surface area contributed by atoms with Crippen molar-refractivity contribution in [2.45, 2.75) is 64.0 Å². The molecule has 1 aliphatic heterocycles. The smallest absolute Gasteiger partial charge is 0.271 e. The van der Waals surface area contributed by atoms with E-state index in [9.17, 15) is 14.4 Å². The summed E-state index contributed by atoms with van der Waals surface area (Å²) in [6.45, 7) is 2.53. The van der Waals surface area contributed by atoms with Gasteiger partial charge in [0.15, 0.2) is 0 Å². The van der Waals surface area contributed by atoms with Gasteiger partial charge in [-0.3, -0.25) is 14.4 Å². The lowest BCUT2D eigenvalue weighted by Gasteiger charge is -2.28. The fourth-order valence-corrected chi connectivity index (χ4v) is 6.50. The molecule has 178 valence electrons. The zero-order valence-electron chi connectivity index (χ0n) is 19.4. The van der Waals surface area contributed by atoms with Gasteiger partial charge in [-0.15, -0.1) is 6.42 Å². The van der Waals surface area contributed by atoms with Crippen molar-refractivity contribution in [3.05, 3.63) is 34.5 Å². The second-order valence-corrected chi connectivity index (χ2v) is 10.5. The minimum absolute atomic E-state index is 0.0822. The largest absolute Gasteiger partial charge is 0.350 e. The number of nitrogens with zero attached hydrogens (tertiary/aromatic N) is 1. The van der Waals surface area contributed by atoms with Crippen molar-refractivity contribution in [1.82, 2.24) is 15.2 Å². The predicted molar refractivity (Wildman–Crippen MR) is 131 cm³/mol. The number of rotatable bonds is 5. The van der Waals surface area contributed by atoms with Crippen molar-refractivity contribution in [2.75, 3.05) is 6.54 Å². The predicted octanol–water partition coefficient (Wildman–Crippen LogP) is 4.25. The van der Waals surface area contributed by atoms with E-state index in [0.29, 0.717) is 36.0 Å². The summed E-state index contributed by atoms with van der Waals surface area (Å²) in [5, 5.41) is 4.39. The number of carbonyl (C=O) groups is 3. The van der Waals surface area contributed by atoms with Gasteiger partial charge < -0.3 is 15.2 Å². The lowest BCUT2D eigenvalue weighted by atomic mass is 9.92. The monoisotopic (exact) mass is 479 g/mol. The number of carbonyl (C=O) groups excluding carboxylic acids is 3. The van der Waals surface area contributed by atoms with E-state index in [0.717, 1.165) is 48.6 Å². The van der Waals surface area contributed by atoms with Crippen LogP contribution in [0.2, 0.25) is 5.02 Å². The lowest BCUT2D eigenvalue weighted by molar-refractivity contribution is -0.127. The fraction of sp³-hybridized carbons (Fsp3) is 0.519. The van der Waals surface area contributed by atoms with E-state index in [2.05, 4.69) is 16.2 Å². The number of Topliss-reactive ketones (excluding diaryl/α,β-unsaturated/α-hetero) is 1. The molecule has 0 radical (unpaired) electrons. The Morgan fingerprint density at radius 1 is 1.29 bits per heavy atom. The Kier molecular flexibility index (Phi) is 6.16. The van der Waals surface area contributed by atoms with E-state index in [1.165, 1.54) is 0 Å². The maximum Gasteiger partial charge on any atom is 0.271 e. The summed E-state index contributed by atoms with van der Waals surface area (Å²) in [5.41, 5.74) is 2.28. The second kappa shape index (κ2) is 9.11. The molecule has 3 aliphatic rings. The average Bonchev–Trinajstić information content (AvgIpc) is 3.59. The zero-order chi connectivity index (χ0) is 24.0. The molecule has 1 aromatic heterocycles. The summed E-state index contributed by atoms with van der Waals surface area (Å²) >= 11 is 6.37. The Hall–Kier alpha value is -2.78. The second-order valence-electron chi connectivity index (χ2n) is 10.1. The van der Waals surface area contributed by atoms with Gasteiger partial charge >= 0.3 is 0 Å². The Labute approximate surface area is 204 Å². The van der Waals surface area contributed by atoms with Crippen molar-refractivity contribution >= 4 is 40.1 Å². The van der Waals surface area contributed by atoms with Crippen LogP contribution in [0.3, 0.4) is 0 Å². The summed E-state index contributed by atoms with van der Waals surface area (Å²) in [6.07, 6.45) is 11.5. The molecule has 2 aliphatic carbocycles. The number of benzene rings is 1. The van der Waals surface area contributed by atoms with Crippen LogP contribution in [0.5, 0.6) is 0 Å².